The van der Waals surface area contributed by atoms with Gasteiger partial charge in [-0.3, -0.25) is 0 Å². The summed E-state index contributed by atoms with van der Waals surface area (Å²) in [4.78, 5) is 0. The molecule has 0 saturated heterocycles. The van der Waals surface area contributed by atoms with Crippen molar-refractivity contribution < 1.29 is 17.6 Å². The molecule has 0 atom stereocenters. The molecule has 150 valence electrons. The van der Waals surface area contributed by atoms with Gasteiger partial charge in [-0.2, -0.15) is 13.2 Å². The smallest absolute Gasteiger partial charge is 0.420 e. The second-order valence-electron chi connectivity index (χ2n) is 7.66. The minimum atomic E-state index is -4.58. The maximum atomic E-state index is 14.6. The Morgan fingerprint density at radius 3 is 1.74 bits per heavy atom. The van der Waals surface area contributed by atoms with E-state index < -0.39 is 11.7 Å². The van der Waals surface area contributed by atoms with Crippen LogP contribution < -0.4 is 0 Å². The molecular weight excluding hydrogens is 397 g/mol. The van der Waals surface area contributed by atoms with E-state index >= 15 is 0 Å². The van der Waals surface area contributed by atoms with E-state index in [-0.39, 0.29) is 16.7 Å². The van der Waals surface area contributed by atoms with Gasteiger partial charge in [-0.25, -0.2) is 0 Å². The minimum absolute atomic E-state index is 0.109. The van der Waals surface area contributed by atoms with Gasteiger partial charge in [-0.05, 0) is 44.5 Å². The van der Waals surface area contributed by atoms with Gasteiger partial charge >= 0.3 is 6.18 Å². The number of furan rings is 1. The van der Waals surface area contributed by atoms with Crippen molar-refractivity contribution >= 4 is 43.3 Å². The van der Waals surface area contributed by atoms with Gasteiger partial charge in [-0.15, -0.1) is 0 Å². The van der Waals surface area contributed by atoms with Crippen molar-refractivity contribution in [3.8, 4) is 11.3 Å². The van der Waals surface area contributed by atoms with Gasteiger partial charge in [0.2, 0.25) is 0 Å². The molecule has 0 bridgehead atoms. The second-order valence-corrected chi connectivity index (χ2v) is 7.66. The van der Waals surface area contributed by atoms with Crippen LogP contribution in [-0.2, 0) is 6.18 Å². The average Bonchev–Trinajstić information content (AvgIpc) is 3.17. The Morgan fingerprint density at radius 2 is 1.13 bits per heavy atom. The Labute approximate surface area is 175 Å². The predicted molar refractivity (Wildman–Crippen MR) is 119 cm³/mol. The number of hydrogen-bond donors (Lipinski definition) is 0. The summed E-state index contributed by atoms with van der Waals surface area (Å²) >= 11 is 0. The topological polar surface area (TPSA) is 13.1 Å². The summed E-state index contributed by atoms with van der Waals surface area (Å²) in [7, 11) is 0. The van der Waals surface area contributed by atoms with Crippen LogP contribution in [0.2, 0.25) is 0 Å². The quantitative estimate of drug-likeness (QED) is 0.247. The van der Waals surface area contributed by atoms with E-state index in [4.69, 9.17) is 4.42 Å². The SMILES string of the molecule is FC(F)(F)c1c(-c2c3ccccc3cc3ccccc23)oc2ccc3ccccc3c12. The highest BCUT2D eigenvalue weighted by Gasteiger charge is 2.40. The van der Waals surface area contributed by atoms with E-state index in [1.165, 1.54) is 0 Å². The van der Waals surface area contributed by atoms with Crippen LogP contribution in [0.4, 0.5) is 13.2 Å². The first-order valence-electron chi connectivity index (χ1n) is 9.95. The normalized spacial score (nSPS) is 12.4. The lowest BCUT2D eigenvalue weighted by Crippen LogP contribution is -2.06. The summed E-state index contributed by atoms with van der Waals surface area (Å²) in [6, 6.07) is 27.5. The molecule has 1 heterocycles. The molecule has 0 radical (unpaired) electrons. The summed E-state index contributed by atoms with van der Waals surface area (Å²) < 4.78 is 49.7. The lowest BCUT2D eigenvalue weighted by molar-refractivity contribution is -0.136. The molecule has 1 aromatic heterocycles. The Balaban J connectivity index is 1.87. The summed E-state index contributed by atoms with van der Waals surface area (Å²) in [5.74, 6) is -0.133. The van der Waals surface area contributed by atoms with Crippen LogP contribution in [0.5, 0.6) is 0 Å². The van der Waals surface area contributed by atoms with Crippen molar-refractivity contribution in [2.24, 2.45) is 0 Å². The van der Waals surface area contributed by atoms with Crippen molar-refractivity contribution in [1.29, 1.82) is 0 Å². The fraction of sp³-hybridized carbons (Fsp3) is 0.0370. The molecule has 0 aliphatic rings. The zero-order chi connectivity index (χ0) is 21.2. The molecule has 0 aliphatic heterocycles. The molecule has 6 rings (SSSR count). The van der Waals surface area contributed by atoms with Crippen LogP contribution in [0.15, 0.2) is 95.4 Å². The zero-order valence-corrected chi connectivity index (χ0v) is 16.2. The standard InChI is InChI=1S/C27H15F3O/c28-27(29,30)25-24-19-10-4-1-7-16(19)13-14-22(24)31-26(25)23-20-11-5-2-8-17(20)15-18-9-3-6-12-21(18)23/h1-15H. The lowest BCUT2D eigenvalue weighted by Gasteiger charge is -2.13. The highest BCUT2D eigenvalue weighted by molar-refractivity contribution is 6.16. The highest BCUT2D eigenvalue weighted by atomic mass is 19.4. The summed E-state index contributed by atoms with van der Waals surface area (Å²) in [5.41, 5.74) is -0.0137. The Bertz CT molecular complexity index is 1570. The number of halogens is 3. The van der Waals surface area contributed by atoms with Crippen LogP contribution in [0.1, 0.15) is 5.56 Å². The molecule has 1 nitrogen and oxygen atoms in total. The molecule has 6 aromatic rings. The van der Waals surface area contributed by atoms with Crippen LogP contribution in [0.3, 0.4) is 0 Å². The third-order valence-corrected chi connectivity index (χ3v) is 5.86. The van der Waals surface area contributed by atoms with Crippen molar-refractivity contribution in [2.45, 2.75) is 6.18 Å². The van der Waals surface area contributed by atoms with Gasteiger partial charge < -0.3 is 4.42 Å². The number of benzene rings is 5. The molecule has 5 aromatic carbocycles. The molecule has 0 fully saturated rings. The first-order valence-corrected chi connectivity index (χ1v) is 9.95. The van der Waals surface area contributed by atoms with E-state index in [9.17, 15) is 13.2 Å². The largest absolute Gasteiger partial charge is 0.455 e. The van der Waals surface area contributed by atoms with Crippen molar-refractivity contribution in [3.05, 3.63) is 96.6 Å². The van der Waals surface area contributed by atoms with Gasteiger partial charge in [-0.1, -0.05) is 78.9 Å². The van der Waals surface area contributed by atoms with Crippen molar-refractivity contribution in [3.63, 3.8) is 0 Å². The number of fused-ring (bicyclic) bond motifs is 5. The molecule has 0 N–H and O–H groups in total. The average molecular weight is 412 g/mol. The lowest BCUT2D eigenvalue weighted by atomic mass is 9.92. The van der Waals surface area contributed by atoms with Crippen LogP contribution in [-0.4, -0.2) is 0 Å². The summed E-state index contributed by atoms with van der Waals surface area (Å²) in [5, 5.41) is 4.59. The van der Waals surface area contributed by atoms with Gasteiger partial charge in [0.1, 0.15) is 16.9 Å². The van der Waals surface area contributed by atoms with E-state index in [1.54, 1.807) is 24.3 Å². The molecule has 0 saturated carbocycles. The fourth-order valence-electron chi connectivity index (χ4n) is 4.57. The van der Waals surface area contributed by atoms with E-state index in [1.807, 2.05) is 66.7 Å². The number of hydrogen-bond acceptors (Lipinski definition) is 1. The van der Waals surface area contributed by atoms with Crippen LogP contribution in [0, 0.1) is 0 Å². The molecule has 4 heteroatoms. The first kappa shape index (κ1) is 18.0. The number of alkyl halides is 3. The van der Waals surface area contributed by atoms with Crippen LogP contribution in [0.25, 0.3) is 54.6 Å². The Hall–Kier alpha value is -3.79. The third kappa shape index (κ3) is 2.65. The monoisotopic (exact) mass is 412 g/mol. The van der Waals surface area contributed by atoms with Gasteiger partial charge in [0.25, 0.3) is 0 Å². The molecule has 0 amide bonds. The van der Waals surface area contributed by atoms with Gasteiger partial charge in [0.05, 0.1) is 0 Å². The highest BCUT2D eigenvalue weighted by Crippen LogP contribution is 2.49. The minimum Gasteiger partial charge on any atom is -0.455 e. The molecule has 31 heavy (non-hydrogen) atoms. The molecular formula is C27H15F3O. The Kier molecular flexibility index (Phi) is 3.69. The van der Waals surface area contributed by atoms with E-state index in [0.29, 0.717) is 10.9 Å². The first-order chi connectivity index (χ1) is 15.0. The van der Waals surface area contributed by atoms with Crippen LogP contribution >= 0.6 is 0 Å². The van der Waals surface area contributed by atoms with E-state index in [2.05, 4.69) is 0 Å². The summed E-state index contributed by atoms with van der Waals surface area (Å²) in [6.45, 7) is 0. The van der Waals surface area contributed by atoms with Gasteiger partial charge in [0, 0.05) is 10.9 Å². The Morgan fingerprint density at radius 1 is 0.581 bits per heavy atom. The van der Waals surface area contributed by atoms with E-state index in [0.717, 1.165) is 26.9 Å². The maximum absolute atomic E-state index is 14.6. The second kappa shape index (κ2) is 6.35. The van der Waals surface area contributed by atoms with Crippen molar-refractivity contribution in [1.82, 2.24) is 0 Å². The predicted octanol–water partition coefficient (Wildman–Crippen LogP) is 8.58. The van der Waals surface area contributed by atoms with Gasteiger partial charge in [0.15, 0.2) is 0 Å². The number of rotatable bonds is 1. The zero-order valence-electron chi connectivity index (χ0n) is 16.2. The molecule has 0 aliphatic carbocycles. The molecule has 0 spiro atoms. The maximum Gasteiger partial charge on any atom is 0.420 e. The third-order valence-electron chi connectivity index (χ3n) is 5.86. The van der Waals surface area contributed by atoms with Crippen molar-refractivity contribution in [2.75, 3.05) is 0 Å². The summed E-state index contributed by atoms with van der Waals surface area (Å²) in [6.07, 6.45) is -4.58. The fourth-order valence-corrected chi connectivity index (χ4v) is 4.57. The molecule has 0 unspecified atom stereocenters.